The first-order valence-electron chi connectivity index (χ1n) is 5.47. The van der Waals surface area contributed by atoms with Crippen LogP contribution in [0, 0.1) is 11.8 Å². The average Bonchev–Trinajstić information content (AvgIpc) is 2.58. The van der Waals surface area contributed by atoms with Crippen molar-refractivity contribution in [3.05, 3.63) is 0 Å². The molecule has 0 bridgehead atoms. The van der Waals surface area contributed by atoms with E-state index in [4.69, 9.17) is 0 Å². The fourth-order valence-corrected chi connectivity index (χ4v) is 3.03. The quantitative estimate of drug-likeness (QED) is 0.544. The minimum Gasteiger partial charge on any atom is -0.0776 e. The Morgan fingerprint density at radius 3 is 1.25 bits per heavy atom. The average molecular weight is 168 g/mol. The van der Waals surface area contributed by atoms with Gasteiger partial charge in [0, 0.05) is 0 Å². The molecular weight excluding hydrogens is 144 g/mol. The van der Waals surface area contributed by atoms with Crippen molar-refractivity contribution in [2.75, 3.05) is 0 Å². The predicted octanol–water partition coefficient (Wildman–Crippen LogP) is 4.39. The second-order valence-electron chi connectivity index (χ2n) is 4.44. The number of hydrogen-bond acceptors (Lipinski definition) is 0. The van der Waals surface area contributed by atoms with Gasteiger partial charge in [-0.3, -0.25) is 0 Å². The van der Waals surface area contributed by atoms with Crippen molar-refractivity contribution in [3.63, 3.8) is 0 Å². The van der Waals surface area contributed by atoms with Crippen LogP contribution in [0.1, 0.15) is 65.2 Å². The van der Waals surface area contributed by atoms with Crippen LogP contribution in [0.5, 0.6) is 0 Å². The lowest BCUT2D eigenvalue weighted by Crippen LogP contribution is -2.14. The van der Waals surface area contributed by atoms with E-state index in [0.717, 1.165) is 11.8 Å². The van der Waals surface area contributed by atoms with E-state index in [9.17, 15) is 0 Å². The molecule has 0 N–H and O–H groups in total. The molecule has 0 saturated heterocycles. The zero-order valence-electron chi connectivity index (χ0n) is 7.52. The Bertz CT molecular complexity index is 105. The highest BCUT2D eigenvalue weighted by Gasteiger charge is 2.25. The van der Waals surface area contributed by atoms with Crippen LogP contribution < -0.4 is 0 Å². The van der Waals surface area contributed by atoms with E-state index in [0.29, 0.717) is 0 Å². The Balaban J connectivity index is 0.000000720. The molecule has 0 heterocycles. The van der Waals surface area contributed by atoms with Gasteiger partial charge in [0.15, 0.2) is 0 Å². The summed E-state index contributed by atoms with van der Waals surface area (Å²) in [7, 11) is 0. The van der Waals surface area contributed by atoms with Crippen molar-refractivity contribution < 1.29 is 0 Å². The summed E-state index contributed by atoms with van der Waals surface area (Å²) < 4.78 is 0. The fourth-order valence-electron chi connectivity index (χ4n) is 3.03. The van der Waals surface area contributed by atoms with Gasteiger partial charge in [-0.15, -0.1) is 0 Å². The summed E-state index contributed by atoms with van der Waals surface area (Å²) in [4.78, 5) is 0. The Hall–Kier alpha value is 0. The second kappa shape index (κ2) is 4.89. The summed E-state index contributed by atoms with van der Waals surface area (Å²) in [6.07, 6.45) is 13.9. The summed E-state index contributed by atoms with van der Waals surface area (Å²) in [5, 5.41) is 0. The lowest BCUT2D eigenvalue weighted by atomic mass is 9.79. The van der Waals surface area contributed by atoms with Crippen LogP contribution >= 0.6 is 0 Å². The van der Waals surface area contributed by atoms with Gasteiger partial charge in [0.05, 0.1) is 0 Å². The summed E-state index contributed by atoms with van der Waals surface area (Å²) >= 11 is 0. The first kappa shape index (κ1) is 10.1. The van der Waals surface area contributed by atoms with Crippen LogP contribution in [-0.4, -0.2) is 0 Å². The Labute approximate surface area is 77.7 Å². The Kier molecular flexibility index (Phi) is 4.11. The molecule has 0 amide bonds. The lowest BCUT2D eigenvalue weighted by molar-refractivity contribution is 0.252. The minimum absolute atomic E-state index is 0. The number of rotatable bonds is 1. The molecule has 2 fully saturated rings. The van der Waals surface area contributed by atoms with Gasteiger partial charge in [-0.2, -0.15) is 0 Å². The highest BCUT2D eigenvalue weighted by atomic mass is 14.3. The molecular formula is C12H24. The molecule has 0 atom stereocenters. The van der Waals surface area contributed by atoms with Gasteiger partial charge in [0.1, 0.15) is 0 Å². The highest BCUT2D eigenvalue weighted by molar-refractivity contribution is 4.77. The van der Waals surface area contributed by atoms with Crippen molar-refractivity contribution in [3.8, 4) is 0 Å². The molecule has 12 heavy (non-hydrogen) atoms. The topological polar surface area (TPSA) is 0 Å². The molecule has 0 aromatic carbocycles. The number of hydrogen-bond donors (Lipinski definition) is 0. The normalized spacial score (nSPS) is 27.0. The van der Waals surface area contributed by atoms with E-state index < -0.39 is 0 Å². The third kappa shape index (κ3) is 2.24. The van der Waals surface area contributed by atoms with Gasteiger partial charge in [-0.05, 0) is 11.8 Å². The van der Waals surface area contributed by atoms with Gasteiger partial charge in [0.25, 0.3) is 0 Å². The van der Waals surface area contributed by atoms with Gasteiger partial charge < -0.3 is 0 Å². The standard InChI is InChI=1S/C11H20.CH4/c1-2-6-10(7-3-1)11-8-4-5-9-11;/h10-11H,1-9H2;1H4. The first-order chi connectivity index (χ1) is 5.47. The maximum atomic E-state index is 1.56. The Morgan fingerprint density at radius 2 is 0.833 bits per heavy atom. The fraction of sp³-hybridized carbons (Fsp3) is 1.00. The molecule has 72 valence electrons. The third-order valence-electron chi connectivity index (χ3n) is 3.72. The molecule has 0 spiro atoms. The van der Waals surface area contributed by atoms with E-state index >= 15 is 0 Å². The van der Waals surface area contributed by atoms with E-state index in [-0.39, 0.29) is 7.43 Å². The van der Waals surface area contributed by atoms with Crippen molar-refractivity contribution >= 4 is 0 Å². The van der Waals surface area contributed by atoms with Gasteiger partial charge in [-0.1, -0.05) is 65.2 Å². The van der Waals surface area contributed by atoms with Crippen molar-refractivity contribution in [1.29, 1.82) is 0 Å². The third-order valence-corrected chi connectivity index (χ3v) is 3.72. The molecule has 2 rings (SSSR count). The molecule has 0 unspecified atom stereocenters. The van der Waals surface area contributed by atoms with Crippen LogP contribution in [-0.2, 0) is 0 Å². The minimum atomic E-state index is 0. The summed E-state index contributed by atoms with van der Waals surface area (Å²) in [5.74, 6) is 2.29. The predicted molar refractivity (Wildman–Crippen MR) is 55.3 cm³/mol. The summed E-state index contributed by atoms with van der Waals surface area (Å²) in [5.41, 5.74) is 0. The SMILES string of the molecule is C.C1CCC(C2CCCC2)CC1. The molecule has 0 heteroatoms. The maximum Gasteiger partial charge on any atom is -0.0386 e. The summed E-state index contributed by atoms with van der Waals surface area (Å²) in [6, 6.07) is 0. The molecule has 0 aliphatic heterocycles. The van der Waals surface area contributed by atoms with Crippen molar-refractivity contribution in [1.82, 2.24) is 0 Å². The van der Waals surface area contributed by atoms with Crippen LogP contribution in [0.2, 0.25) is 0 Å². The molecule has 2 saturated carbocycles. The molecule has 2 aliphatic carbocycles. The van der Waals surface area contributed by atoms with Crippen molar-refractivity contribution in [2.45, 2.75) is 65.2 Å². The highest BCUT2D eigenvalue weighted by Crippen LogP contribution is 2.38. The summed E-state index contributed by atoms with van der Waals surface area (Å²) in [6.45, 7) is 0. The van der Waals surface area contributed by atoms with Gasteiger partial charge >= 0.3 is 0 Å². The molecule has 0 radical (unpaired) electrons. The smallest absolute Gasteiger partial charge is 0.0386 e. The molecule has 2 aliphatic rings. The molecule has 0 nitrogen and oxygen atoms in total. The zero-order chi connectivity index (χ0) is 7.52. The van der Waals surface area contributed by atoms with Crippen LogP contribution in [0.4, 0.5) is 0 Å². The monoisotopic (exact) mass is 168 g/mol. The van der Waals surface area contributed by atoms with Crippen molar-refractivity contribution in [2.24, 2.45) is 11.8 Å². The van der Waals surface area contributed by atoms with Gasteiger partial charge in [-0.25, -0.2) is 0 Å². The van der Waals surface area contributed by atoms with E-state index in [2.05, 4.69) is 0 Å². The maximum absolute atomic E-state index is 1.56. The van der Waals surface area contributed by atoms with E-state index in [1.54, 1.807) is 25.7 Å². The van der Waals surface area contributed by atoms with E-state index in [1.165, 1.54) is 32.1 Å². The lowest BCUT2D eigenvalue weighted by Gasteiger charge is -2.26. The zero-order valence-corrected chi connectivity index (χ0v) is 7.52. The molecule has 0 aromatic rings. The van der Waals surface area contributed by atoms with Crippen LogP contribution in [0.15, 0.2) is 0 Å². The molecule has 0 aromatic heterocycles. The second-order valence-corrected chi connectivity index (χ2v) is 4.44. The van der Waals surface area contributed by atoms with E-state index in [1.807, 2.05) is 0 Å². The Morgan fingerprint density at radius 1 is 0.500 bits per heavy atom. The van der Waals surface area contributed by atoms with Crippen LogP contribution in [0.25, 0.3) is 0 Å². The first-order valence-corrected chi connectivity index (χ1v) is 5.47. The van der Waals surface area contributed by atoms with Crippen LogP contribution in [0.3, 0.4) is 0 Å². The largest absolute Gasteiger partial charge is 0.0776 e. The van der Waals surface area contributed by atoms with Gasteiger partial charge in [0.2, 0.25) is 0 Å².